The summed E-state index contributed by atoms with van der Waals surface area (Å²) in [6.45, 7) is 0. The minimum atomic E-state index is -4.23. The summed E-state index contributed by atoms with van der Waals surface area (Å²) in [4.78, 5) is 13.7. The van der Waals surface area contributed by atoms with Gasteiger partial charge in [-0.3, -0.25) is 4.79 Å². The van der Waals surface area contributed by atoms with Gasteiger partial charge in [-0.25, -0.2) is 0 Å². The van der Waals surface area contributed by atoms with Crippen LogP contribution in [0.4, 0.5) is 13.2 Å². The fraction of sp³-hybridized carbons (Fsp3) is 0.278. The van der Waals surface area contributed by atoms with E-state index < -0.39 is 18.5 Å². The van der Waals surface area contributed by atoms with Crippen molar-refractivity contribution in [3.05, 3.63) is 57.6 Å². The van der Waals surface area contributed by atoms with E-state index >= 15 is 0 Å². The number of hydrogen-bond donors (Lipinski definition) is 0. The Hall–Kier alpha value is -1.66. The topological polar surface area (TPSA) is 17.1 Å². The summed E-state index contributed by atoms with van der Waals surface area (Å²) in [5.74, 6) is -0.733. The Kier molecular flexibility index (Phi) is 5.06. The number of rotatable bonds is 6. The van der Waals surface area contributed by atoms with E-state index in [1.165, 1.54) is 22.7 Å². The van der Waals surface area contributed by atoms with Gasteiger partial charge in [0.2, 0.25) is 0 Å². The van der Waals surface area contributed by atoms with E-state index in [2.05, 4.69) is 0 Å². The molecule has 1 aromatic carbocycles. The predicted molar refractivity (Wildman–Crippen MR) is 93.1 cm³/mol. The van der Waals surface area contributed by atoms with Crippen molar-refractivity contribution in [2.75, 3.05) is 0 Å². The third-order valence-corrected chi connectivity index (χ3v) is 6.04. The number of halogens is 3. The molecule has 0 saturated heterocycles. The lowest BCUT2D eigenvalue weighted by molar-refractivity contribution is -0.139. The van der Waals surface area contributed by atoms with Crippen LogP contribution in [0.3, 0.4) is 0 Å². The van der Waals surface area contributed by atoms with Crippen LogP contribution in [0.25, 0.3) is 10.1 Å². The zero-order valence-corrected chi connectivity index (χ0v) is 14.3. The lowest BCUT2D eigenvalue weighted by atomic mass is 9.95. The van der Waals surface area contributed by atoms with Gasteiger partial charge < -0.3 is 0 Å². The quantitative estimate of drug-likeness (QED) is 0.445. The van der Waals surface area contributed by atoms with E-state index in [1.807, 2.05) is 30.3 Å². The van der Waals surface area contributed by atoms with Gasteiger partial charge in [0.05, 0.1) is 11.3 Å². The van der Waals surface area contributed by atoms with Gasteiger partial charge in [-0.05, 0) is 35.4 Å². The Morgan fingerprint density at radius 3 is 2.58 bits per heavy atom. The van der Waals surface area contributed by atoms with Crippen molar-refractivity contribution in [1.29, 1.82) is 0 Å². The van der Waals surface area contributed by atoms with Gasteiger partial charge in [-0.1, -0.05) is 24.3 Å². The second kappa shape index (κ2) is 7.07. The lowest BCUT2D eigenvalue weighted by Gasteiger charge is -2.17. The summed E-state index contributed by atoms with van der Waals surface area (Å²) in [5, 5.41) is 2.77. The summed E-state index contributed by atoms with van der Waals surface area (Å²) in [6, 6.07) is 13.0. The van der Waals surface area contributed by atoms with Crippen LogP contribution in [-0.2, 0) is 0 Å². The fourth-order valence-electron chi connectivity index (χ4n) is 2.70. The van der Waals surface area contributed by atoms with E-state index in [4.69, 9.17) is 0 Å². The molecular weight excluding hydrogens is 353 g/mol. The van der Waals surface area contributed by atoms with E-state index in [0.717, 1.165) is 10.1 Å². The number of fused-ring (bicyclic) bond motifs is 1. The minimum absolute atomic E-state index is 0.0834. The van der Waals surface area contributed by atoms with Crippen LogP contribution >= 0.6 is 22.7 Å². The number of carbonyl (C=O) groups is 1. The van der Waals surface area contributed by atoms with Crippen LogP contribution in [0.5, 0.6) is 0 Å². The minimum Gasteiger partial charge on any atom is -0.293 e. The summed E-state index contributed by atoms with van der Waals surface area (Å²) in [6.07, 6.45) is -4.76. The maximum Gasteiger partial charge on any atom is 0.389 e. The van der Waals surface area contributed by atoms with Crippen LogP contribution in [-0.4, -0.2) is 12.0 Å². The molecule has 126 valence electrons. The van der Waals surface area contributed by atoms with E-state index in [0.29, 0.717) is 9.75 Å². The second-order valence-electron chi connectivity index (χ2n) is 5.64. The third-order valence-electron chi connectivity index (χ3n) is 3.84. The number of hydrogen-bond acceptors (Lipinski definition) is 3. The molecule has 1 nitrogen and oxygen atoms in total. The van der Waals surface area contributed by atoms with Crippen molar-refractivity contribution >= 4 is 38.5 Å². The van der Waals surface area contributed by atoms with E-state index in [1.54, 1.807) is 17.5 Å². The number of ketones is 1. The Morgan fingerprint density at radius 1 is 1.12 bits per heavy atom. The number of Topliss-reactive ketones (excluding diaryl/α,β-unsaturated/α-hetero) is 1. The van der Waals surface area contributed by atoms with Gasteiger partial charge >= 0.3 is 6.18 Å². The van der Waals surface area contributed by atoms with Gasteiger partial charge in [0.25, 0.3) is 0 Å². The molecule has 0 saturated carbocycles. The molecule has 0 spiro atoms. The highest BCUT2D eigenvalue weighted by atomic mass is 32.1. The molecule has 0 radical (unpaired) electrons. The summed E-state index contributed by atoms with van der Waals surface area (Å²) in [7, 11) is 0. The molecule has 0 aliphatic carbocycles. The van der Waals surface area contributed by atoms with E-state index in [-0.39, 0.29) is 18.6 Å². The normalized spacial score (nSPS) is 13.3. The van der Waals surface area contributed by atoms with Gasteiger partial charge in [-0.15, -0.1) is 22.7 Å². The first-order chi connectivity index (χ1) is 11.4. The molecule has 1 unspecified atom stereocenters. The fourth-order valence-corrected chi connectivity index (χ4v) is 4.59. The summed E-state index contributed by atoms with van der Waals surface area (Å²) < 4.78 is 39.4. The van der Waals surface area contributed by atoms with Crippen LogP contribution < -0.4 is 0 Å². The standard InChI is InChI=1S/C18H15F3OS2/c19-18(20,21)11-13(15-6-3-9-23-15)7-8-14(22)17-10-12-4-1-2-5-16(12)24-17/h1-6,9-10,13H,7-8,11H2. The van der Waals surface area contributed by atoms with Crippen LogP contribution in [0.15, 0.2) is 47.8 Å². The molecule has 24 heavy (non-hydrogen) atoms. The molecular formula is C18H15F3OS2. The SMILES string of the molecule is O=C(CCC(CC(F)(F)F)c1cccs1)c1cc2ccccc2s1. The number of carbonyl (C=O) groups excluding carboxylic acids is 1. The lowest BCUT2D eigenvalue weighted by Crippen LogP contribution is -2.14. The Balaban J connectivity index is 1.70. The van der Waals surface area contributed by atoms with Crippen LogP contribution in [0, 0.1) is 0 Å². The Labute approximate surface area is 145 Å². The first kappa shape index (κ1) is 17.2. The van der Waals surface area contributed by atoms with Crippen LogP contribution in [0.2, 0.25) is 0 Å². The maximum atomic E-state index is 12.8. The molecule has 1 atom stereocenters. The molecule has 0 N–H and O–H groups in total. The highest BCUT2D eigenvalue weighted by molar-refractivity contribution is 7.20. The Bertz CT molecular complexity index is 785. The molecule has 3 aromatic rings. The molecule has 2 aromatic heterocycles. The van der Waals surface area contributed by atoms with Gasteiger partial charge in [0, 0.05) is 21.9 Å². The van der Waals surface area contributed by atoms with Crippen molar-refractivity contribution in [2.24, 2.45) is 0 Å². The first-order valence-electron chi connectivity index (χ1n) is 7.54. The van der Waals surface area contributed by atoms with E-state index in [9.17, 15) is 18.0 Å². The van der Waals surface area contributed by atoms with Gasteiger partial charge in [-0.2, -0.15) is 13.2 Å². The maximum absolute atomic E-state index is 12.8. The van der Waals surface area contributed by atoms with Crippen molar-refractivity contribution in [3.8, 4) is 0 Å². The predicted octanol–water partition coefficient (Wildman–Crippen LogP) is 6.66. The van der Waals surface area contributed by atoms with Crippen molar-refractivity contribution in [1.82, 2.24) is 0 Å². The Morgan fingerprint density at radius 2 is 1.92 bits per heavy atom. The molecule has 6 heteroatoms. The highest BCUT2D eigenvalue weighted by Crippen LogP contribution is 2.37. The molecule has 0 bridgehead atoms. The smallest absolute Gasteiger partial charge is 0.293 e. The average Bonchev–Trinajstić information content (AvgIpc) is 3.18. The highest BCUT2D eigenvalue weighted by Gasteiger charge is 2.33. The number of benzene rings is 1. The molecule has 0 aliphatic rings. The second-order valence-corrected chi connectivity index (χ2v) is 7.71. The molecule has 0 fully saturated rings. The van der Waals surface area contributed by atoms with Crippen LogP contribution in [0.1, 0.15) is 39.7 Å². The number of thiophene rings is 2. The van der Waals surface area contributed by atoms with Gasteiger partial charge in [0.1, 0.15) is 0 Å². The molecule has 2 heterocycles. The molecule has 0 amide bonds. The first-order valence-corrected chi connectivity index (χ1v) is 9.24. The average molecular weight is 368 g/mol. The van der Waals surface area contributed by atoms with Crippen molar-refractivity contribution in [3.63, 3.8) is 0 Å². The third kappa shape index (κ3) is 4.24. The summed E-state index contributed by atoms with van der Waals surface area (Å²) in [5.41, 5.74) is 0. The molecule has 0 aliphatic heterocycles. The van der Waals surface area contributed by atoms with Gasteiger partial charge in [0.15, 0.2) is 5.78 Å². The summed E-state index contributed by atoms with van der Waals surface area (Å²) >= 11 is 2.71. The number of alkyl halides is 3. The van der Waals surface area contributed by atoms with Crippen molar-refractivity contribution < 1.29 is 18.0 Å². The molecule has 3 rings (SSSR count). The monoisotopic (exact) mass is 368 g/mol. The zero-order valence-electron chi connectivity index (χ0n) is 12.7. The van der Waals surface area contributed by atoms with Crippen molar-refractivity contribution in [2.45, 2.75) is 31.4 Å². The largest absolute Gasteiger partial charge is 0.389 e. The zero-order chi connectivity index (χ0) is 17.2.